The highest BCUT2D eigenvalue weighted by molar-refractivity contribution is 5.85. The van der Waals surface area contributed by atoms with Crippen molar-refractivity contribution in [3.8, 4) is 23.1 Å². The Morgan fingerprint density at radius 1 is 1.27 bits per heavy atom. The summed E-state index contributed by atoms with van der Waals surface area (Å²) in [6, 6.07) is 16.8. The molecule has 1 aromatic heterocycles. The van der Waals surface area contributed by atoms with Gasteiger partial charge in [-0.15, -0.1) is 17.5 Å². The van der Waals surface area contributed by atoms with Crippen molar-refractivity contribution in [1.29, 1.82) is 5.26 Å². The molecule has 1 aliphatic heterocycles. The van der Waals surface area contributed by atoms with Gasteiger partial charge in [-0.2, -0.15) is 5.26 Å². The summed E-state index contributed by atoms with van der Waals surface area (Å²) >= 11 is 0. The van der Waals surface area contributed by atoms with Crippen LogP contribution < -0.4 is 10.5 Å². The van der Waals surface area contributed by atoms with Crippen LogP contribution in [0.4, 0.5) is 0 Å². The molecule has 0 aliphatic carbocycles. The number of nitrogens with two attached hydrogens (primary N) is 1. The number of ether oxygens (including phenoxy) is 1. The van der Waals surface area contributed by atoms with Gasteiger partial charge in [0.15, 0.2) is 0 Å². The summed E-state index contributed by atoms with van der Waals surface area (Å²) < 4.78 is 7.18. The fourth-order valence-corrected chi connectivity index (χ4v) is 4.05. The number of likely N-dealkylation sites (tertiary alicyclic amines) is 1. The molecule has 2 atom stereocenters. The van der Waals surface area contributed by atoms with Gasteiger partial charge in [0.1, 0.15) is 17.5 Å². The van der Waals surface area contributed by atoms with E-state index in [1.54, 1.807) is 16.7 Å². The maximum Gasteiger partial charge on any atom is 0.240 e. The van der Waals surface area contributed by atoms with Crippen LogP contribution in [0.15, 0.2) is 54.7 Å². The summed E-state index contributed by atoms with van der Waals surface area (Å²) in [4.78, 5) is 14.2. The predicted molar refractivity (Wildman–Crippen MR) is 127 cm³/mol. The molecule has 0 saturated carbocycles. The minimum atomic E-state index is -0.656. The van der Waals surface area contributed by atoms with Crippen LogP contribution in [0.25, 0.3) is 11.3 Å². The van der Waals surface area contributed by atoms with Crippen molar-refractivity contribution in [3.05, 3.63) is 65.9 Å². The van der Waals surface area contributed by atoms with Crippen LogP contribution in [0.2, 0.25) is 0 Å². The first kappa shape index (κ1) is 24.2. The van der Waals surface area contributed by atoms with Crippen molar-refractivity contribution in [2.45, 2.75) is 37.9 Å². The van der Waals surface area contributed by atoms with Crippen molar-refractivity contribution < 1.29 is 9.53 Å². The number of amides is 1. The van der Waals surface area contributed by atoms with Gasteiger partial charge in [0.2, 0.25) is 5.91 Å². The molecule has 0 bridgehead atoms. The number of nitrogens with zero attached hydrogens (tertiary/aromatic N) is 5. The van der Waals surface area contributed by atoms with Crippen LogP contribution in [-0.4, -0.2) is 51.5 Å². The summed E-state index contributed by atoms with van der Waals surface area (Å²) in [5, 5.41) is 17.7. The number of para-hydroxylation sites is 1. The van der Waals surface area contributed by atoms with Gasteiger partial charge in [0.25, 0.3) is 0 Å². The standard InChI is InChI=1S/C24H26N6O2.ClH/c1-32-23-7-3-2-5-19(23)15-29-16-22(27-28-29)18-10-8-17(9-11-18)13-21(26)24(31)30-12-4-6-20(30)14-25;/h2-3,5,7-11,16,20-21H,4,6,12-13,15,26H2,1H3;1H/t20-,21-;/m0./s1. The second-order valence-electron chi connectivity index (χ2n) is 7.94. The molecular formula is C24H27ClN6O2. The Morgan fingerprint density at radius 2 is 2.03 bits per heavy atom. The van der Waals surface area contributed by atoms with Crippen LogP contribution in [0.1, 0.15) is 24.0 Å². The topological polar surface area (TPSA) is 110 Å². The number of nitriles is 1. The normalized spacial score (nSPS) is 16.0. The van der Waals surface area contributed by atoms with E-state index in [9.17, 15) is 10.1 Å². The van der Waals surface area contributed by atoms with Crippen molar-refractivity contribution >= 4 is 18.3 Å². The van der Waals surface area contributed by atoms with Gasteiger partial charge in [-0.05, 0) is 30.9 Å². The number of hydrogen-bond acceptors (Lipinski definition) is 6. The van der Waals surface area contributed by atoms with Crippen molar-refractivity contribution in [1.82, 2.24) is 19.9 Å². The van der Waals surface area contributed by atoms with Gasteiger partial charge in [-0.25, -0.2) is 4.68 Å². The summed E-state index contributed by atoms with van der Waals surface area (Å²) in [6.07, 6.45) is 3.89. The molecule has 0 spiro atoms. The van der Waals surface area contributed by atoms with Gasteiger partial charge in [-0.1, -0.05) is 47.7 Å². The smallest absolute Gasteiger partial charge is 0.240 e. The first-order valence-corrected chi connectivity index (χ1v) is 10.7. The third-order valence-corrected chi connectivity index (χ3v) is 5.77. The molecule has 8 nitrogen and oxygen atoms in total. The van der Waals surface area contributed by atoms with Crippen LogP contribution in [0, 0.1) is 11.3 Å². The molecule has 1 fully saturated rings. The number of aromatic nitrogens is 3. The number of carbonyl (C=O) groups excluding carboxylic acids is 1. The Labute approximate surface area is 199 Å². The maximum absolute atomic E-state index is 12.6. The zero-order chi connectivity index (χ0) is 22.5. The summed E-state index contributed by atoms with van der Waals surface area (Å²) in [7, 11) is 1.65. The Kier molecular flexibility index (Phi) is 8.04. The summed E-state index contributed by atoms with van der Waals surface area (Å²) in [5.41, 5.74) is 9.84. The predicted octanol–water partition coefficient (Wildman–Crippen LogP) is 2.81. The molecule has 1 aliphatic rings. The van der Waals surface area contributed by atoms with E-state index in [-0.39, 0.29) is 24.4 Å². The molecule has 1 amide bonds. The second-order valence-corrected chi connectivity index (χ2v) is 7.94. The lowest BCUT2D eigenvalue weighted by molar-refractivity contribution is -0.132. The first-order chi connectivity index (χ1) is 15.6. The van der Waals surface area contributed by atoms with Gasteiger partial charge >= 0.3 is 0 Å². The number of benzene rings is 2. The highest BCUT2D eigenvalue weighted by Gasteiger charge is 2.31. The summed E-state index contributed by atoms with van der Waals surface area (Å²) in [6.45, 7) is 1.17. The average molecular weight is 467 g/mol. The minimum Gasteiger partial charge on any atom is -0.496 e. The van der Waals surface area contributed by atoms with Crippen LogP contribution in [-0.2, 0) is 17.8 Å². The zero-order valence-corrected chi connectivity index (χ0v) is 19.2. The van der Waals surface area contributed by atoms with Crippen molar-refractivity contribution in [2.75, 3.05) is 13.7 Å². The number of rotatable bonds is 7. The number of carbonyl (C=O) groups is 1. The molecule has 172 valence electrons. The summed E-state index contributed by atoms with van der Waals surface area (Å²) in [5.74, 6) is 0.659. The van der Waals surface area contributed by atoms with E-state index in [0.29, 0.717) is 19.5 Å². The Balaban J connectivity index is 0.00000306. The minimum absolute atomic E-state index is 0. The van der Waals surface area contributed by atoms with Crippen molar-refractivity contribution in [2.24, 2.45) is 5.73 Å². The fraction of sp³-hybridized carbons (Fsp3) is 0.333. The molecule has 9 heteroatoms. The molecule has 2 N–H and O–H groups in total. The largest absolute Gasteiger partial charge is 0.496 e. The Bertz CT molecular complexity index is 1120. The highest BCUT2D eigenvalue weighted by Crippen LogP contribution is 2.22. The highest BCUT2D eigenvalue weighted by atomic mass is 35.5. The van der Waals surface area contributed by atoms with Crippen molar-refractivity contribution in [3.63, 3.8) is 0 Å². The van der Waals surface area contributed by atoms with Crippen LogP contribution in [0.3, 0.4) is 0 Å². The van der Waals surface area contributed by atoms with Gasteiger partial charge in [-0.3, -0.25) is 4.79 Å². The molecular weight excluding hydrogens is 440 g/mol. The molecule has 2 heterocycles. The van der Waals surface area contributed by atoms with Crippen LogP contribution >= 0.6 is 12.4 Å². The third-order valence-electron chi connectivity index (χ3n) is 5.77. The number of methoxy groups -OCH3 is 1. The van der Waals surface area contributed by atoms with Gasteiger partial charge < -0.3 is 15.4 Å². The van der Waals surface area contributed by atoms with E-state index >= 15 is 0 Å². The fourth-order valence-electron chi connectivity index (χ4n) is 4.05. The molecule has 3 aromatic rings. The van der Waals surface area contributed by atoms with E-state index < -0.39 is 6.04 Å². The average Bonchev–Trinajstić information content (AvgIpc) is 3.49. The molecule has 2 aromatic carbocycles. The quantitative estimate of drug-likeness (QED) is 0.573. The Morgan fingerprint density at radius 3 is 2.76 bits per heavy atom. The lowest BCUT2D eigenvalue weighted by Crippen LogP contribution is -2.46. The number of hydrogen-bond donors (Lipinski definition) is 1. The lowest BCUT2D eigenvalue weighted by Gasteiger charge is -2.23. The van der Waals surface area contributed by atoms with E-state index in [4.69, 9.17) is 10.5 Å². The SMILES string of the molecule is COc1ccccc1Cn1cc(-c2ccc(C[C@H](N)C(=O)N3CCC[C@H]3C#N)cc2)nn1.Cl. The lowest BCUT2D eigenvalue weighted by atomic mass is 10.0. The third kappa shape index (κ3) is 5.51. The molecule has 1 saturated heterocycles. The van der Waals surface area contributed by atoms with E-state index in [1.165, 1.54) is 0 Å². The van der Waals surface area contributed by atoms with E-state index in [2.05, 4.69) is 16.4 Å². The van der Waals surface area contributed by atoms with Gasteiger partial charge in [0.05, 0.1) is 32.0 Å². The molecule has 4 rings (SSSR count). The molecule has 0 radical (unpaired) electrons. The monoisotopic (exact) mass is 466 g/mol. The van der Waals surface area contributed by atoms with Crippen LogP contribution in [0.5, 0.6) is 5.75 Å². The Hall–Kier alpha value is -3.41. The molecule has 33 heavy (non-hydrogen) atoms. The molecule has 0 unspecified atom stereocenters. The second kappa shape index (κ2) is 10.9. The van der Waals surface area contributed by atoms with E-state index in [0.717, 1.165) is 41.0 Å². The number of halogens is 1. The maximum atomic E-state index is 12.6. The zero-order valence-electron chi connectivity index (χ0n) is 18.4. The van der Waals surface area contributed by atoms with E-state index in [1.807, 2.05) is 54.7 Å². The van der Waals surface area contributed by atoms with Gasteiger partial charge in [0, 0.05) is 17.7 Å². The first-order valence-electron chi connectivity index (χ1n) is 10.7.